The van der Waals surface area contributed by atoms with Crippen LogP contribution in [0.3, 0.4) is 0 Å². The second-order valence-electron chi connectivity index (χ2n) is 5.91. The molecule has 0 amide bonds. The van der Waals surface area contributed by atoms with Crippen LogP contribution < -0.4 is 15.8 Å². The molecule has 2 heterocycles. The van der Waals surface area contributed by atoms with E-state index in [-0.39, 0.29) is 11.4 Å². The molecule has 0 spiro atoms. The molecule has 0 unspecified atom stereocenters. The predicted octanol–water partition coefficient (Wildman–Crippen LogP) is 1.15. The summed E-state index contributed by atoms with van der Waals surface area (Å²) in [5.74, 6) is -0.203. The van der Waals surface area contributed by atoms with Crippen molar-refractivity contribution in [1.82, 2.24) is 14.7 Å². The topological polar surface area (TPSA) is 53.4 Å². The average molecular weight is 331 g/mol. The number of aromatic nitrogens is 2. The molecule has 0 radical (unpaired) electrons. The molecular weight excluding hydrogens is 309 g/mol. The van der Waals surface area contributed by atoms with Crippen LogP contribution in [0.1, 0.15) is 0 Å². The Balaban J connectivity index is 1.45. The van der Waals surface area contributed by atoms with Crippen molar-refractivity contribution in [3.8, 4) is 0 Å². The molecule has 1 aromatic heterocycles. The fourth-order valence-corrected chi connectivity index (χ4v) is 2.87. The highest BCUT2D eigenvalue weighted by atomic mass is 19.1. The molecule has 6 nitrogen and oxygen atoms in total. The van der Waals surface area contributed by atoms with Crippen LogP contribution >= 0.6 is 0 Å². The molecule has 7 heteroatoms. The number of halogens is 1. The van der Waals surface area contributed by atoms with Gasteiger partial charge in [-0.1, -0.05) is 0 Å². The molecule has 0 aliphatic carbocycles. The second-order valence-corrected chi connectivity index (χ2v) is 5.91. The van der Waals surface area contributed by atoms with Gasteiger partial charge in [-0.2, -0.15) is 5.10 Å². The van der Waals surface area contributed by atoms with E-state index < -0.39 is 0 Å². The van der Waals surface area contributed by atoms with Gasteiger partial charge in [-0.25, -0.2) is 9.07 Å². The molecule has 1 aromatic carbocycles. The standard InChI is InChI=1S/C17H22FN5O/c1-21-17(24)16(6-7-20-21)19-8-9-22-10-12-23(13-11-22)15-4-2-14(18)3-5-15/h2-7,19H,8-13H2,1H3. The first-order valence-electron chi connectivity index (χ1n) is 8.12. The van der Waals surface area contributed by atoms with Crippen LogP contribution in [0.5, 0.6) is 0 Å². The lowest BCUT2D eigenvalue weighted by molar-refractivity contribution is 0.267. The summed E-state index contributed by atoms with van der Waals surface area (Å²) in [4.78, 5) is 16.5. The Kier molecular flexibility index (Phi) is 5.10. The van der Waals surface area contributed by atoms with Gasteiger partial charge in [0.1, 0.15) is 11.5 Å². The largest absolute Gasteiger partial charge is 0.379 e. The predicted molar refractivity (Wildman–Crippen MR) is 93.0 cm³/mol. The van der Waals surface area contributed by atoms with Crippen molar-refractivity contribution in [2.45, 2.75) is 0 Å². The number of hydrogen-bond donors (Lipinski definition) is 1. The van der Waals surface area contributed by atoms with E-state index in [2.05, 4.69) is 20.2 Å². The maximum atomic E-state index is 13.0. The zero-order valence-electron chi connectivity index (χ0n) is 13.8. The highest BCUT2D eigenvalue weighted by Gasteiger charge is 2.16. The van der Waals surface area contributed by atoms with Crippen molar-refractivity contribution in [2.75, 3.05) is 49.5 Å². The first-order valence-corrected chi connectivity index (χ1v) is 8.12. The summed E-state index contributed by atoms with van der Waals surface area (Å²) in [5, 5.41) is 7.08. The normalized spacial score (nSPS) is 15.5. The zero-order valence-corrected chi connectivity index (χ0v) is 13.8. The van der Waals surface area contributed by atoms with E-state index in [1.165, 1.54) is 16.8 Å². The Hall–Kier alpha value is -2.41. The molecule has 3 rings (SSSR count). The van der Waals surface area contributed by atoms with E-state index in [4.69, 9.17) is 0 Å². The van der Waals surface area contributed by atoms with Gasteiger partial charge in [0.15, 0.2) is 0 Å². The minimum absolute atomic E-state index is 0.112. The number of piperazine rings is 1. The monoisotopic (exact) mass is 331 g/mol. The highest BCUT2D eigenvalue weighted by molar-refractivity contribution is 5.46. The third-order valence-corrected chi connectivity index (χ3v) is 4.31. The third-order valence-electron chi connectivity index (χ3n) is 4.31. The number of hydrogen-bond acceptors (Lipinski definition) is 5. The summed E-state index contributed by atoms with van der Waals surface area (Å²) in [7, 11) is 1.64. The highest BCUT2D eigenvalue weighted by Crippen LogP contribution is 2.16. The fourth-order valence-electron chi connectivity index (χ4n) is 2.87. The molecule has 1 N–H and O–H groups in total. The van der Waals surface area contributed by atoms with E-state index in [1.54, 1.807) is 19.3 Å². The first kappa shape index (κ1) is 16.4. The summed E-state index contributed by atoms with van der Waals surface area (Å²) in [5.41, 5.74) is 1.53. The van der Waals surface area contributed by atoms with E-state index in [9.17, 15) is 9.18 Å². The Morgan fingerprint density at radius 1 is 1.12 bits per heavy atom. The molecule has 0 atom stereocenters. The van der Waals surface area contributed by atoms with Gasteiger partial charge in [-0.15, -0.1) is 0 Å². The second kappa shape index (κ2) is 7.44. The Morgan fingerprint density at radius 2 is 1.83 bits per heavy atom. The molecule has 0 saturated carbocycles. The van der Waals surface area contributed by atoms with Crippen molar-refractivity contribution in [3.05, 3.63) is 52.7 Å². The van der Waals surface area contributed by atoms with Crippen molar-refractivity contribution in [3.63, 3.8) is 0 Å². The van der Waals surface area contributed by atoms with Crippen LogP contribution in [-0.2, 0) is 7.05 Å². The third kappa shape index (κ3) is 3.91. The molecule has 0 bridgehead atoms. The quantitative estimate of drug-likeness (QED) is 0.891. The number of nitrogens with zero attached hydrogens (tertiary/aromatic N) is 4. The van der Waals surface area contributed by atoms with Gasteiger partial charge >= 0.3 is 0 Å². The summed E-state index contributed by atoms with van der Waals surface area (Å²) < 4.78 is 14.3. The van der Waals surface area contributed by atoms with E-state index in [0.717, 1.165) is 45.0 Å². The lowest BCUT2D eigenvalue weighted by Gasteiger charge is -2.36. The lowest BCUT2D eigenvalue weighted by Crippen LogP contribution is -2.47. The van der Waals surface area contributed by atoms with Crippen molar-refractivity contribution < 1.29 is 4.39 Å². The summed E-state index contributed by atoms with van der Waals surface area (Å²) in [6.45, 7) is 5.34. The van der Waals surface area contributed by atoms with Crippen LogP contribution in [0.4, 0.5) is 15.8 Å². The summed E-state index contributed by atoms with van der Waals surface area (Å²) in [6, 6.07) is 8.36. The van der Waals surface area contributed by atoms with Crippen LogP contribution in [0.15, 0.2) is 41.3 Å². The Morgan fingerprint density at radius 3 is 2.54 bits per heavy atom. The summed E-state index contributed by atoms with van der Waals surface area (Å²) >= 11 is 0. The van der Waals surface area contributed by atoms with Crippen LogP contribution in [0.25, 0.3) is 0 Å². The number of anilines is 2. The number of aryl methyl sites for hydroxylation is 1. The molecule has 2 aromatic rings. The zero-order chi connectivity index (χ0) is 16.9. The smallest absolute Gasteiger partial charge is 0.289 e. The minimum atomic E-state index is -0.203. The van der Waals surface area contributed by atoms with Crippen LogP contribution in [0, 0.1) is 5.82 Å². The maximum absolute atomic E-state index is 13.0. The summed E-state index contributed by atoms with van der Waals surface area (Å²) in [6.07, 6.45) is 1.62. The Bertz CT molecular complexity index is 723. The number of benzene rings is 1. The first-order chi connectivity index (χ1) is 11.6. The molecule has 1 saturated heterocycles. The SMILES string of the molecule is Cn1nccc(NCCN2CCN(c3ccc(F)cc3)CC2)c1=O. The van der Waals surface area contributed by atoms with E-state index in [1.807, 2.05) is 12.1 Å². The minimum Gasteiger partial charge on any atom is -0.379 e. The molecule has 1 aliphatic heterocycles. The Labute approximate surface area is 140 Å². The molecule has 24 heavy (non-hydrogen) atoms. The van der Waals surface area contributed by atoms with Gasteiger partial charge in [-0.3, -0.25) is 9.69 Å². The van der Waals surface area contributed by atoms with Crippen molar-refractivity contribution >= 4 is 11.4 Å². The number of rotatable bonds is 5. The number of nitrogens with one attached hydrogen (secondary N) is 1. The molecule has 128 valence electrons. The van der Waals surface area contributed by atoms with Crippen molar-refractivity contribution in [1.29, 1.82) is 0 Å². The van der Waals surface area contributed by atoms with Gasteiger partial charge in [0, 0.05) is 58.2 Å². The maximum Gasteiger partial charge on any atom is 0.289 e. The fraction of sp³-hybridized carbons (Fsp3) is 0.412. The molecule has 1 fully saturated rings. The van der Waals surface area contributed by atoms with Gasteiger partial charge in [0.2, 0.25) is 0 Å². The van der Waals surface area contributed by atoms with Gasteiger partial charge in [-0.05, 0) is 30.3 Å². The average Bonchev–Trinajstić information content (AvgIpc) is 2.60. The lowest BCUT2D eigenvalue weighted by atomic mass is 10.2. The van der Waals surface area contributed by atoms with Crippen molar-refractivity contribution in [2.24, 2.45) is 7.05 Å². The molecular formula is C17H22FN5O. The van der Waals surface area contributed by atoms with Crippen LogP contribution in [0.2, 0.25) is 0 Å². The van der Waals surface area contributed by atoms with E-state index in [0.29, 0.717) is 5.69 Å². The van der Waals surface area contributed by atoms with Gasteiger partial charge in [0.25, 0.3) is 5.56 Å². The van der Waals surface area contributed by atoms with Gasteiger partial charge < -0.3 is 10.2 Å². The molecule has 1 aliphatic rings. The van der Waals surface area contributed by atoms with Crippen LogP contribution in [-0.4, -0.2) is 53.9 Å². The van der Waals surface area contributed by atoms with E-state index >= 15 is 0 Å². The van der Waals surface area contributed by atoms with Gasteiger partial charge in [0.05, 0.1) is 0 Å².